The Morgan fingerprint density at radius 2 is 1.90 bits per heavy atom. The normalized spacial score (nSPS) is 13.7. The fourth-order valence-corrected chi connectivity index (χ4v) is 3.48. The van der Waals surface area contributed by atoms with E-state index in [2.05, 4.69) is 26.1 Å². The number of methoxy groups -OCH3 is 1. The third-order valence-corrected chi connectivity index (χ3v) is 5.00. The van der Waals surface area contributed by atoms with Crippen molar-refractivity contribution in [2.24, 2.45) is 0 Å². The van der Waals surface area contributed by atoms with Crippen molar-refractivity contribution in [2.45, 2.75) is 6.92 Å². The standard InChI is InChI=1S/C21H23BrN2O5/c1-3-29-21(26)16-13-15(5-6-18(16)24-8-10-28-11-9-24)23-20(25)17-12-14(22)4-7-19(17)27-2/h4-7,12-13H,3,8-11H2,1-2H3,(H,23,25). The summed E-state index contributed by atoms with van der Waals surface area (Å²) in [4.78, 5) is 27.4. The van der Waals surface area contributed by atoms with Crippen LogP contribution in [0.5, 0.6) is 5.75 Å². The minimum Gasteiger partial charge on any atom is -0.496 e. The smallest absolute Gasteiger partial charge is 0.340 e. The molecule has 0 aliphatic carbocycles. The zero-order valence-corrected chi connectivity index (χ0v) is 18.0. The van der Waals surface area contributed by atoms with Crippen molar-refractivity contribution >= 4 is 39.2 Å². The highest BCUT2D eigenvalue weighted by Crippen LogP contribution is 2.28. The number of nitrogens with one attached hydrogen (secondary N) is 1. The van der Waals surface area contributed by atoms with Gasteiger partial charge in [-0.15, -0.1) is 0 Å². The summed E-state index contributed by atoms with van der Waals surface area (Å²) < 4.78 is 16.7. The van der Waals surface area contributed by atoms with Gasteiger partial charge in [0.1, 0.15) is 5.75 Å². The molecule has 0 spiro atoms. The summed E-state index contributed by atoms with van der Waals surface area (Å²) in [7, 11) is 1.51. The number of morpholine rings is 1. The number of esters is 1. The molecule has 1 fully saturated rings. The van der Waals surface area contributed by atoms with Gasteiger partial charge in [0.2, 0.25) is 0 Å². The van der Waals surface area contributed by atoms with E-state index in [4.69, 9.17) is 14.2 Å². The molecule has 0 atom stereocenters. The first-order chi connectivity index (χ1) is 14.0. The number of halogens is 1. The van der Waals surface area contributed by atoms with Gasteiger partial charge in [-0.1, -0.05) is 15.9 Å². The predicted molar refractivity (Wildman–Crippen MR) is 114 cm³/mol. The molecule has 0 aromatic heterocycles. The molecule has 1 aliphatic heterocycles. The average molecular weight is 463 g/mol. The van der Waals surface area contributed by atoms with Crippen LogP contribution in [-0.4, -0.2) is 51.9 Å². The Morgan fingerprint density at radius 1 is 1.14 bits per heavy atom. The van der Waals surface area contributed by atoms with Crippen molar-refractivity contribution in [3.05, 3.63) is 52.0 Å². The van der Waals surface area contributed by atoms with Crippen molar-refractivity contribution in [1.29, 1.82) is 0 Å². The number of hydrogen-bond acceptors (Lipinski definition) is 6. The number of carbonyl (C=O) groups is 2. The molecule has 2 aromatic rings. The Hall–Kier alpha value is -2.58. The Balaban J connectivity index is 1.90. The first-order valence-electron chi connectivity index (χ1n) is 9.32. The maximum absolute atomic E-state index is 12.8. The van der Waals surface area contributed by atoms with Gasteiger partial charge in [0, 0.05) is 23.2 Å². The lowest BCUT2D eigenvalue weighted by Crippen LogP contribution is -2.37. The van der Waals surface area contributed by atoms with Crippen molar-refractivity contribution in [2.75, 3.05) is 50.2 Å². The first-order valence-corrected chi connectivity index (χ1v) is 10.1. The summed E-state index contributed by atoms with van der Waals surface area (Å²) in [6.45, 7) is 4.61. The van der Waals surface area contributed by atoms with Crippen molar-refractivity contribution in [1.82, 2.24) is 0 Å². The van der Waals surface area contributed by atoms with Gasteiger partial charge in [0.15, 0.2) is 0 Å². The van der Waals surface area contributed by atoms with Crippen LogP contribution in [-0.2, 0) is 9.47 Å². The third-order valence-electron chi connectivity index (χ3n) is 4.51. The molecule has 154 valence electrons. The van der Waals surface area contributed by atoms with Crippen LogP contribution in [0.3, 0.4) is 0 Å². The van der Waals surface area contributed by atoms with Crippen molar-refractivity contribution < 1.29 is 23.8 Å². The van der Waals surface area contributed by atoms with Crippen LogP contribution in [0, 0.1) is 0 Å². The molecule has 1 saturated heterocycles. The van der Waals surface area contributed by atoms with E-state index in [0.29, 0.717) is 48.9 Å². The zero-order valence-electron chi connectivity index (χ0n) is 16.4. The average Bonchev–Trinajstić information content (AvgIpc) is 2.74. The third kappa shape index (κ3) is 5.07. The summed E-state index contributed by atoms with van der Waals surface area (Å²) in [5.41, 5.74) is 2.06. The van der Waals surface area contributed by atoms with E-state index >= 15 is 0 Å². The molecule has 7 nitrogen and oxygen atoms in total. The summed E-state index contributed by atoms with van der Waals surface area (Å²) in [6.07, 6.45) is 0. The highest BCUT2D eigenvalue weighted by molar-refractivity contribution is 9.10. The Bertz CT molecular complexity index is 897. The molecule has 0 radical (unpaired) electrons. The van der Waals surface area contributed by atoms with Gasteiger partial charge in [0.25, 0.3) is 5.91 Å². The van der Waals surface area contributed by atoms with Gasteiger partial charge in [-0.05, 0) is 43.3 Å². The molecular weight excluding hydrogens is 440 g/mol. The SMILES string of the molecule is CCOC(=O)c1cc(NC(=O)c2cc(Br)ccc2OC)ccc1N1CCOCC1. The topological polar surface area (TPSA) is 77.1 Å². The van der Waals surface area contributed by atoms with Crippen LogP contribution in [0.15, 0.2) is 40.9 Å². The second kappa shape index (κ2) is 9.76. The second-order valence-corrected chi connectivity index (χ2v) is 7.27. The Kier molecular flexibility index (Phi) is 7.11. The number of hydrogen-bond donors (Lipinski definition) is 1. The molecule has 1 aliphatic rings. The van der Waals surface area contributed by atoms with Gasteiger partial charge in [-0.3, -0.25) is 4.79 Å². The lowest BCUT2D eigenvalue weighted by atomic mass is 10.1. The van der Waals surface area contributed by atoms with Crippen LogP contribution in [0.25, 0.3) is 0 Å². The highest BCUT2D eigenvalue weighted by Gasteiger charge is 2.21. The molecule has 3 rings (SSSR count). The van der Waals surface area contributed by atoms with E-state index in [-0.39, 0.29) is 12.5 Å². The number of ether oxygens (including phenoxy) is 3. The van der Waals surface area contributed by atoms with E-state index in [1.54, 1.807) is 37.3 Å². The molecule has 1 amide bonds. The van der Waals surface area contributed by atoms with Crippen LogP contribution < -0.4 is 15.0 Å². The van der Waals surface area contributed by atoms with E-state index in [9.17, 15) is 9.59 Å². The minimum atomic E-state index is -0.426. The van der Waals surface area contributed by atoms with Gasteiger partial charge in [0.05, 0.1) is 43.7 Å². The van der Waals surface area contributed by atoms with E-state index in [0.717, 1.165) is 10.2 Å². The van der Waals surface area contributed by atoms with Crippen LogP contribution in [0.1, 0.15) is 27.6 Å². The van der Waals surface area contributed by atoms with Gasteiger partial charge < -0.3 is 24.4 Å². The zero-order chi connectivity index (χ0) is 20.8. The molecule has 8 heteroatoms. The van der Waals surface area contributed by atoms with Gasteiger partial charge >= 0.3 is 5.97 Å². The molecule has 0 unspecified atom stereocenters. The number of benzene rings is 2. The lowest BCUT2D eigenvalue weighted by molar-refractivity contribution is 0.0526. The first kappa shape index (κ1) is 21.1. The molecule has 2 aromatic carbocycles. The predicted octanol–water partition coefficient (Wildman–Crippen LogP) is 3.72. The maximum atomic E-state index is 12.8. The molecule has 0 saturated carbocycles. The fourth-order valence-electron chi connectivity index (χ4n) is 3.12. The minimum absolute atomic E-state index is 0.271. The van der Waals surface area contributed by atoms with Crippen LogP contribution in [0.4, 0.5) is 11.4 Å². The van der Waals surface area contributed by atoms with E-state index < -0.39 is 5.97 Å². The summed E-state index contributed by atoms with van der Waals surface area (Å²) in [6, 6.07) is 10.4. The van der Waals surface area contributed by atoms with Crippen LogP contribution >= 0.6 is 15.9 Å². The van der Waals surface area contributed by atoms with E-state index in [1.165, 1.54) is 7.11 Å². The molecule has 0 bridgehead atoms. The summed E-state index contributed by atoms with van der Waals surface area (Å²) >= 11 is 3.37. The highest BCUT2D eigenvalue weighted by atomic mass is 79.9. The fraction of sp³-hybridized carbons (Fsp3) is 0.333. The number of nitrogens with zero attached hydrogens (tertiary/aromatic N) is 1. The number of amides is 1. The summed E-state index contributed by atoms with van der Waals surface area (Å²) in [5.74, 6) is -0.302. The second-order valence-electron chi connectivity index (χ2n) is 6.35. The summed E-state index contributed by atoms with van der Waals surface area (Å²) in [5, 5.41) is 2.84. The number of anilines is 2. The molecule has 1 N–H and O–H groups in total. The molecular formula is C21H23BrN2O5. The maximum Gasteiger partial charge on any atom is 0.340 e. The van der Waals surface area contributed by atoms with Crippen molar-refractivity contribution in [3.63, 3.8) is 0 Å². The lowest BCUT2D eigenvalue weighted by Gasteiger charge is -2.30. The largest absolute Gasteiger partial charge is 0.496 e. The molecule has 1 heterocycles. The van der Waals surface area contributed by atoms with Crippen molar-refractivity contribution in [3.8, 4) is 5.75 Å². The number of carbonyl (C=O) groups excluding carboxylic acids is 2. The quantitative estimate of drug-likeness (QED) is 0.659. The van der Waals surface area contributed by atoms with Gasteiger partial charge in [-0.25, -0.2) is 4.79 Å². The Labute approximate surface area is 178 Å². The van der Waals surface area contributed by atoms with Crippen LogP contribution in [0.2, 0.25) is 0 Å². The monoisotopic (exact) mass is 462 g/mol. The van der Waals surface area contributed by atoms with Gasteiger partial charge in [-0.2, -0.15) is 0 Å². The Morgan fingerprint density at radius 3 is 2.59 bits per heavy atom. The molecule has 29 heavy (non-hydrogen) atoms. The number of rotatable bonds is 6. The van der Waals surface area contributed by atoms with E-state index in [1.807, 2.05) is 6.07 Å².